The number of hydrogen-bond donors (Lipinski definition) is 3. The van der Waals surface area contributed by atoms with Crippen LogP contribution < -0.4 is 10.0 Å². The summed E-state index contributed by atoms with van der Waals surface area (Å²) in [7, 11) is -2.36. The van der Waals surface area contributed by atoms with Crippen LogP contribution in [0, 0.1) is 0 Å². The lowest BCUT2D eigenvalue weighted by Crippen LogP contribution is -2.35. The second-order valence-corrected chi connectivity index (χ2v) is 7.90. The van der Waals surface area contributed by atoms with E-state index in [1.807, 2.05) is 13.8 Å². The smallest absolute Gasteiger partial charge is 0.337 e. The number of ether oxygens (including phenoxy) is 2. The minimum absolute atomic E-state index is 0.1000. The molecular weight excluding hydrogens is 360 g/mol. The third-order valence-corrected chi connectivity index (χ3v) is 4.98. The Kier molecular flexibility index (Phi) is 9.00. The van der Waals surface area contributed by atoms with Crippen molar-refractivity contribution in [1.29, 1.82) is 0 Å². The van der Waals surface area contributed by atoms with Gasteiger partial charge in [-0.2, -0.15) is 0 Å². The molecule has 9 heteroatoms. The number of carboxylic acid groups (broad SMARTS) is 1. The number of hydrogen-bond acceptors (Lipinski definition) is 6. The van der Waals surface area contributed by atoms with E-state index in [0.717, 1.165) is 6.07 Å². The molecule has 0 fully saturated rings. The van der Waals surface area contributed by atoms with Crippen LogP contribution >= 0.6 is 0 Å². The van der Waals surface area contributed by atoms with E-state index >= 15 is 0 Å². The number of carbonyl (C=O) groups is 1. The quantitative estimate of drug-likeness (QED) is 0.469. The second kappa shape index (κ2) is 10.5. The first kappa shape index (κ1) is 22.4. The number of rotatable bonds is 12. The molecule has 0 amide bonds. The highest BCUT2D eigenvalue weighted by molar-refractivity contribution is 7.89. The summed E-state index contributed by atoms with van der Waals surface area (Å²) in [6.45, 7) is 6.83. The van der Waals surface area contributed by atoms with Crippen LogP contribution in [0.2, 0.25) is 0 Å². The third-order valence-electron chi connectivity index (χ3n) is 3.39. The number of anilines is 1. The fourth-order valence-electron chi connectivity index (χ4n) is 2.25. The van der Waals surface area contributed by atoms with Crippen molar-refractivity contribution < 1.29 is 27.8 Å². The van der Waals surface area contributed by atoms with Crippen LogP contribution in [0.3, 0.4) is 0 Å². The summed E-state index contributed by atoms with van der Waals surface area (Å²) in [6, 6.07) is 3.55. The van der Waals surface area contributed by atoms with Gasteiger partial charge in [-0.15, -0.1) is 0 Å². The summed E-state index contributed by atoms with van der Waals surface area (Å²) in [5.41, 5.74) is 0.267. The van der Waals surface area contributed by atoms with Crippen LogP contribution in [0.5, 0.6) is 0 Å². The first-order chi connectivity index (χ1) is 12.2. The van der Waals surface area contributed by atoms with Crippen LogP contribution in [0.15, 0.2) is 23.1 Å². The molecule has 0 aliphatic carbocycles. The van der Waals surface area contributed by atoms with Gasteiger partial charge in [0.25, 0.3) is 0 Å². The van der Waals surface area contributed by atoms with E-state index < -0.39 is 22.0 Å². The van der Waals surface area contributed by atoms with Gasteiger partial charge >= 0.3 is 5.97 Å². The molecule has 0 aliphatic rings. The maximum Gasteiger partial charge on any atom is 0.337 e. The van der Waals surface area contributed by atoms with E-state index in [2.05, 4.69) is 10.0 Å². The number of carboxylic acids is 1. The van der Waals surface area contributed by atoms with E-state index in [9.17, 15) is 18.3 Å². The average molecular weight is 388 g/mol. The van der Waals surface area contributed by atoms with Gasteiger partial charge < -0.3 is 19.9 Å². The van der Waals surface area contributed by atoms with E-state index in [0.29, 0.717) is 25.3 Å². The zero-order valence-corrected chi connectivity index (χ0v) is 16.4. The Morgan fingerprint density at radius 3 is 2.54 bits per heavy atom. The Hall–Kier alpha value is -1.68. The molecule has 0 spiro atoms. The highest BCUT2D eigenvalue weighted by Gasteiger charge is 2.20. The van der Waals surface area contributed by atoms with Gasteiger partial charge in [-0.3, -0.25) is 0 Å². The van der Waals surface area contributed by atoms with Crippen molar-refractivity contribution in [2.75, 3.05) is 32.2 Å². The molecule has 26 heavy (non-hydrogen) atoms. The largest absolute Gasteiger partial charge is 0.478 e. The maximum atomic E-state index is 12.4. The Labute approximate surface area is 154 Å². The monoisotopic (exact) mass is 388 g/mol. The number of aromatic carboxylic acids is 1. The first-order valence-corrected chi connectivity index (χ1v) is 9.89. The van der Waals surface area contributed by atoms with Gasteiger partial charge in [0.2, 0.25) is 10.0 Å². The molecule has 3 N–H and O–H groups in total. The maximum absolute atomic E-state index is 12.4. The highest BCUT2D eigenvalue weighted by Crippen LogP contribution is 2.21. The van der Waals surface area contributed by atoms with Crippen molar-refractivity contribution in [2.24, 2.45) is 0 Å². The molecule has 1 rings (SSSR count). The number of methoxy groups -OCH3 is 1. The lowest BCUT2D eigenvalue weighted by atomic mass is 10.2. The lowest BCUT2D eigenvalue weighted by Gasteiger charge is -2.15. The van der Waals surface area contributed by atoms with E-state index in [1.165, 1.54) is 19.2 Å². The predicted molar refractivity (Wildman–Crippen MR) is 99.3 cm³/mol. The molecule has 0 heterocycles. The molecule has 1 aromatic rings. The second-order valence-electron chi connectivity index (χ2n) is 6.19. The lowest BCUT2D eigenvalue weighted by molar-refractivity contribution is 0.0697. The summed E-state index contributed by atoms with van der Waals surface area (Å²) in [6.07, 6.45) is 0.843. The summed E-state index contributed by atoms with van der Waals surface area (Å²) < 4.78 is 37.5. The van der Waals surface area contributed by atoms with E-state index in [-0.39, 0.29) is 23.2 Å². The SMILES string of the molecule is COC[C@H](C)NS(=O)(=O)c1ccc(NCCCOC(C)C)c(C(=O)O)c1. The van der Waals surface area contributed by atoms with Gasteiger partial charge in [-0.05, 0) is 45.4 Å². The van der Waals surface area contributed by atoms with Crippen molar-refractivity contribution in [1.82, 2.24) is 4.72 Å². The zero-order chi connectivity index (χ0) is 19.7. The normalized spacial score (nSPS) is 13.0. The molecule has 8 nitrogen and oxygen atoms in total. The number of benzene rings is 1. The molecule has 0 saturated carbocycles. The topological polar surface area (TPSA) is 114 Å². The summed E-state index contributed by atoms with van der Waals surface area (Å²) in [5.74, 6) is -1.20. The molecule has 148 valence electrons. The minimum Gasteiger partial charge on any atom is -0.478 e. The van der Waals surface area contributed by atoms with Crippen molar-refractivity contribution >= 4 is 21.7 Å². The fraction of sp³-hybridized carbons (Fsp3) is 0.588. The number of sulfonamides is 1. The van der Waals surface area contributed by atoms with Crippen LogP contribution in [0.4, 0.5) is 5.69 Å². The van der Waals surface area contributed by atoms with Gasteiger partial charge in [0.05, 0.1) is 23.2 Å². The van der Waals surface area contributed by atoms with Crippen molar-refractivity contribution in [3.8, 4) is 0 Å². The fourth-order valence-corrected chi connectivity index (χ4v) is 3.51. The molecule has 0 bridgehead atoms. The zero-order valence-electron chi connectivity index (χ0n) is 15.6. The predicted octanol–water partition coefficient (Wildman–Crippen LogP) is 1.92. The Morgan fingerprint density at radius 2 is 1.96 bits per heavy atom. The van der Waals surface area contributed by atoms with Crippen molar-refractivity contribution in [3.63, 3.8) is 0 Å². The van der Waals surface area contributed by atoms with Gasteiger partial charge in [-0.1, -0.05) is 0 Å². The van der Waals surface area contributed by atoms with Crippen molar-refractivity contribution in [3.05, 3.63) is 23.8 Å². The van der Waals surface area contributed by atoms with Gasteiger partial charge in [-0.25, -0.2) is 17.9 Å². The molecule has 1 aromatic carbocycles. The van der Waals surface area contributed by atoms with Gasteiger partial charge in [0.15, 0.2) is 0 Å². The molecular formula is C17H28N2O6S. The molecule has 0 aromatic heterocycles. The van der Waals surface area contributed by atoms with E-state index in [1.54, 1.807) is 6.92 Å². The molecule has 0 saturated heterocycles. The van der Waals surface area contributed by atoms with Gasteiger partial charge in [0.1, 0.15) is 0 Å². The Bertz CT molecular complexity index is 690. The molecule has 0 unspecified atom stereocenters. The van der Waals surface area contributed by atoms with Crippen LogP contribution in [-0.2, 0) is 19.5 Å². The highest BCUT2D eigenvalue weighted by atomic mass is 32.2. The number of nitrogens with one attached hydrogen (secondary N) is 2. The standard InChI is InChI=1S/C17H28N2O6S/c1-12(2)25-9-5-8-18-16-7-6-14(10-15(16)17(20)21)26(22,23)19-13(3)11-24-4/h6-7,10,12-13,18-19H,5,8-9,11H2,1-4H3,(H,20,21)/t13-/m0/s1. The Morgan fingerprint density at radius 1 is 1.27 bits per heavy atom. The van der Waals surface area contributed by atoms with Crippen LogP contribution in [0.1, 0.15) is 37.6 Å². The third kappa shape index (κ3) is 7.28. The van der Waals surface area contributed by atoms with Crippen LogP contribution in [-0.4, -0.2) is 58.5 Å². The van der Waals surface area contributed by atoms with E-state index in [4.69, 9.17) is 9.47 Å². The average Bonchev–Trinajstić information content (AvgIpc) is 2.53. The van der Waals surface area contributed by atoms with Crippen LogP contribution in [0.25, 0.3) is 0 Å². The van der Waals surface area contributed by atoms with Crippen molar-refractivity contribution in [2.45, 2.75) is 44.2 Å². The Balaban J connectivity index is 2.86. The first-order valence-electron chi connectivity index (χ1n) is 8.41. The molecule has 1 atom stereocenters. The summed E-state index contributed by atoms with van der Waals surface area (Å²) in [5, 5.41) is 12.4. The molecule has 0 aliphatic heterocycles. The van der Waals surface area contributed by atoms with Gasteiger partial charge in [0, 0.05) is 32.0 Å². The minimum atomic E-state index is -3.83. The summed E-state index contributed by atoms with van der Waals surface area (Å²) in [4.78, 5) is 11.4. The summed E-state index contributed by atoms with van der Waals surface area (Å²) >= 11 is 0. The molecule has 0 radical (unpaired) electrons.